The molecule has 0 aliphatic carbocycles. The number of amides is 1. The summed E-state index contributed by atoms with van der Waals surface area (Å²) in [6, 6.07) is 5.09. The maximum Gasteiger partial charge on any atom is 0.359 e. The van der Waals surface area contributed by atoms with E-state index in [1.165, 1.54) is 12.4 Å². The van der Waals surface area contributed by atoms with Gasteiger partial charge >= 0.3 is 5.97 Å². The van der Waals surface area contributed by atoms with Crippen LogP contribution in [0.2, 0.25) is 0 Å². The smallest absolute Gasteiger partial charge is 0.359 e. The number of ether oxygens (including phenoxy) is 3. The highest BCUT2D eigenvalue weighted by Gasteiger charge is 2.14. The fraction of sp³-hybridized carbons (Fsp3) is 0.294. The minimum Gasteiger partial charge on any atom is -0.490 e. The first-order valence-electron chi connectivity index (χ1n) is 7.77. The predicted molar refractivity (Wildman–Crippen MR) is 87.7 cm³/mol. The van der Waals surface area contributed by atoms with Gasteiger partial charge in [0.05, 0.1) is 25.1 Å². The Bertz CT molecular complexity index is 776. The molecule has 0 saturated carbocycles. The summed E-state index contributed by atoms with van der Waals surface area (Å²) in [6.07, 6.45) is 3.56. The lowest BCUT2D eigenvalue weighted by atomic mass is 10.2. The molecule has 2 aromatic rings. The quantitative estimate of drug-likeness (QED) is 0.844. The highest BCUT2D eigenvalue weighted by Crippen LogP contribution is 2.32. The summed E-state index contributed by atoms with van der Waals surface area (Å²) in [5, 5.41) is 2.64. The molecule has 0 unspecified atom stereocenters. The first-order chi connectivity index (χ1) is 12.1. The summed E-state index contributed by atoms with van der Waals surface area (Å²) < 4.78 is 16.0. The monoisotopic (exact) mass is 343 g/mol. The number of nitrogens with zero attached hydrogens (tertiary/aromatic N) is 2. The van der Waals surface area contributed by atoms with E-state index in [1.807, 2.05) is 0 Å². The number of carbonyl (C=O) groups is 2. The van der Waals surface area contributed by atoms with Crippen LogP contribution in [-0.2, 0) is 9.53 Å². The number of esters is 1. The van der Waals surface area contributed by atoms with E-state index in [4.69, 9.17) is 14.2 Å². The summed E-state index contributed by atoms with van der Waals surface area (Å²) in [5.74, 6) is 0.0336. The van der Waals surface area contributed by atoms with E-state index >= 15 is 0 Å². The van der Waals surface area contributed by atoms with Gasteiger partial charge in [-0.3, -0.25) is 9.78 Å². The van der Waals surface area contributed by atoms with Crippen LogP contribution in [0, 0.1) is 6.92 Å². The zero-order valence-corrected chi connectivity index (χ0v) is 13.7. The molecule has 0 spiro atoms. The molecule has 0 bridgehead atoms. The van der Waals surface area contributed by atoms with Crippen molar-refractivity contribution in [2.75, 3.05) is 25.1 Å². The van der Waals surface area contributed by atoms with Crippen molar-refractivity contribution in [1.82, 2.24) is 9.97 Å². The molecule has 0 fully saturated rings. The lowest BCUT2D eigenvalue weighted by Gasteiger charge is -2.10. The zero-order chi connectivity index (χ0) is 17.6. The van der Waals surface area contributed by atoms with E-state index in [0.717, 1.165) is 6.42 Å². The number of aromatic nitrogens is 2. The molecule has 8 heteroatoms. The maximum absolute atomic E-state index is 11.9. The number of nitrogens with one attached hydrogen (secondary N) is 1. The Morgan fingerprint density at radius 1 is 1.16 bits per heavy atom. The molecular weight excluding hydrogens is 326 g/mol. The largest absolute Gasteiger partial charge is 0.490 e. The van der Waals surface area contributed by atoms with Crippen LogP contribution in [0.1, 0.15) is 22.6 Å². The summed E-state index contributed by atoms with van der Waals surface area (Å²) in [7, 11) is 0. The summed E-state index contributed by atoms with van der Waals surface area (Å²) in [4.78, 5) is 31.6. The Kier molecular flexibility index (Phi) is 5.08. The molecular formula is C17H17N3O5. The second-order valence-corrected chi connectivity index (χ2v) is 5.38. The maximum atomic E-state index is 11.9. The van der Waals surface area contributed by atoms with Crippen molar-refractivity contribution in [1.29, 1.82) is 0 Å². The van der Waals surface area contributed by atoms with Crippen molar-refractivity contribution in [3.63, 3.8) is 0 Å². The molecule has 0 saturated heterocycles. The first kappa shape index (κ1) is 16.7. The Hall–Kier alpha value is -3.16. The normalized spacial score (nSPS) is 12.8. The standard InChI is InChI=1S/C17H17N3O5/c1-11-8-19-13(9-18-11)17(22)25-10-16(21)20-12-3-4-14-15(7-12)24-6-2-5-23-14/h3-4,7-9H,2,5-6,10H2,1H3,(H,20,21). The number of benzene rings is 1. The van der Waals surface area contributed by atoms with Crippen molar-refractivity contribution in [3.05, 3.63) is 42.0 Å². The second kappa shape index (κ2) is 7.61. The van der Waals surface area contributed by atoms with Gasteiger partial charge in [-0.1, -0.05) is 0 Å². The van der Waals surface area contributed by atoms with E-state index in [0.29, 0.717) is 36.1 Å². The highest BCUT2D eigenvalue weighted by molar-refractivity contribution is 5.94. The van der Waals surface area contributed by atoms with Gasteiger partial charge in [0.25, 0.3) is 5.91 Å². The zero-order valence-electron chi connectivity index (χ0n) is 13.7. The fourth-order valence-corrected chi connectivity index (χ4v) is 2.14. The SMILES string of the molecule is Cc1cnc(C(=O)OCC(=O)Nc2ccc3c(c2)OCCCO3)cn1. The molecule has 0 radical (unpaired) electrons. The number of carbonyl (C=O) groups excluding carboxylic acids is 2. The molecule has 1 amide bonds. The van der Waals surface area contributed by atoms with E-state index in [-0.39, 0.29) is 5.69 Å². The third-order valence-corrected chi connectivity index (χ3v) is 3.36. The van der Waals surface area contributed by atoms with Gasteiger partial charge in [0, 0.05) is 24.4 Å². The van der Waals surface area contributed by atoms with Gasteiger partial charge in [-0.05, 0) is 19.1 Å². The van der Waals surface area contributed by atoms with Crippen LogP contribution in [0.4, 0.5) is 5.69 Å². The number of anilines is 1. The predicted octanol–water partition coefficient (Wildman–Crippen LogP) is 1.74. The lowest BCUT2D eigenvalue weighted by molar-refractivity contribution is -0.119. The molecule has 1 aromatic carbocycles. The molecule has 130 valence electrons. The van der Waals surface area contributed by atoms with Crippen LogP contribution in [0.5, 0.6) is 11.5 Å². The van der Waals surface area contributed by atoms with E-state index in [1.54, 1.807) is 25.1 Å². The van der Waals surface area contributed by atoms with Crippen LogP contribution in [0.25, 0.3) is 0 Å². The Balaban J connectivity index is 1.55. The van der Waals surface area contributed by atoms with Gasteiger partial charge in [-0.15, -0.1) is 0 Å². The van der Waals surface area contributed by atoms with Gasteiger partial charge in [-0.2, -0.15) is 0 Å². The second-order valence-electron chi connectivity index (χ2n) is 5.38. The van der Waals surface area contributed by atoms with Gasteiger partial charge in [0.15, 0.2) is 23.8 Å². The van der Waals surface area contributed by atoms with Crippen LogP contribution in [0.15, 0.2) is 30.6 Å². The molecule has 1 aliphatic rings. The lowest BCUT2D eigenvalue weighted by Crippen LogP contribution is -2.21. The number of rotatable bonds is 4. The number of fused-ring (bicyclic) bond motifs is 1. The number of hydrogen-bond donors (Lipinski definition) is 1. The minimum absolute atomic E-state index is 0.0500. The third kappa shape index (κ3) is 4.43. The van der Waals surface area contributed by atoms with Crippen LogP contribution >= 0.6 is 0 Å². The van der Waals surface area contributed by atoms with Gasteiger partial charge in [0.1, 0.15) is 0 Å². The van der Waals surface area contributed by atoms with Crippen molar-refractivity contribution >= 4 is 17.6 Å². The molecule has 25 heavy (non-hydrogen) atoms. The van der Waals surface area contributed by atoms with Crippen molar-refractivity contribution in [2.24, 2.45) is 0 Å². The van der Waals surface area contributed by atoms with Crippen LogP contribution in [-0.4, -0.2) is 41.7 Å². The summed E-state index contributed by atoms with van der Waals surface area (Å²) in [6.45, 7) is 2.48. The van der Waals surface area contributed by atoms with Gasteiger partial charge in [-0.25, -0.2) is 9.78 Å². The molecule has 8 nitrogen and oxygen atoms in total. The van der Waals surface area contributed by atoms with Crippen LogP contribution in [0.3, 0.4) is 0 Å². The van der Waals surface area contributed by atoms with Gasteiger partial charge in [0.2, 0.25) is 0 Å². The van der Waals surface area contributed by atoms with E-state index in [9.17, 15) is 9.59 Å². The Labute approximate surface area is 144 Å². The minimum atomic E-state index is -0.707. The molecule has 1 aromatic heterocycles. The molecule has 1 N–H and O–H groups in total. The fourth-order valence-electron chi connectivity index (χ4n) is 2.14. The Morgan fingerprint density at radius 3 is 2.72 bits per heavy atom. The van der Waals surface area contributed by atoms with Crippen molar-refractivity contribution in [3.8, 4) is 11.5 Å². The molecule has 2 heterocycles. The van der Waals surface area contributed by atoms with E-state index in [2.05, 4.69) is 15.3 Å². The average Bonchev–Trinajstić information content (AvgIpc) is 2.85. The van der Waals surface area contributed by atoms with E-state index < -0.39 is 18.5 Å². The third-order valence-electron chi connectivity index (χ3n) is 3.36. The molecule has 0 atom stereocenters. The number of hydrogen-bond acceptors (Lipinski definition) is 7. The van der Waals surface area contributed by atoms with Crippen LogP contribution < -0.4 is 14.8 Å². The molecule has 1 aliphatic heterocycles. The van der Waals surface area contributed by atoms with Crippen molar-refractivity contribution < 1.29 is 23.8 Å². The number of aryl methyl sites for hydroxylation is 1. The highest BCUT2D eigenvalue weighted by atomic mass is 16.5. The summed E-state index contributed by atoms with van der Waals surface area (Å²) in [5.41, 5.74) is 1.26. The first-order valence-corrected chi connectivity index (χ1v) is 7.77. The average molecular weight is 343 g/mol. The Morgan fingerprint density at radius 2 is 1.96 bits per heavy atom. The topological polar surface area (TPSA) is 99.6 Å². The van der Waals surface area contributed by atoms with Crippen molar-refractivity contribution in [2.45, 2.75) is 13.3 Å². The van der Waals surface area contributed by atoms with Gasteiger partial charge < -0.3 is 19.5 Å². The molecule has 3 rings (SSSR count). The summed E-state index contributed by atoms with van der Waals surface area (Å²) >= 11 is 0.